The van der Waals surface area contributed by atoms with Gasteiger partial charge in [0.15, 0.2) is 5.82 Å². The normalized spacial score (nSPS) is 13.9. The lowest BCUT2D eigenvalue weighted by Crippen LogP contribution is -2.20. The number of hydrogen-bond acceptors (Lipinski definition) is 6. The minimum atomic E-state index is 0.0829. The minimum absolute atomic E-state index is 0.0829. The molecule has 0 bridgehead atoms. The molecule has 0 aliphatic heterocycles. The second-order valence-electron chi connectivity index (χ2n) is 9.64. The first kappa shape index (κ1) is 22.3. The van der Waals surface area contributed by atoms with Gasteiger partial charge in [0, 0.05) is 47.2 Å². The number of benzene rings is 1. The van der Waals surface area contributed by atoms with E-state index in [0.717, 1.165) is 75.7 Å². The van der Waals surface area contributed by atoms with E-state index in [9.17, 15) is 4.79 Å². The maximum Gasteiger partial charge on any atom is 0.227 e. The lowest BCUT2D eigenvalue weighted by molar-refractivity contribution is -0.119. The zero-order valence-corrected chi connectivity index (χ0v) is 20.5. The van der Waals surface area contributed by atoms with E-state index in [1.54, 1.807) is 31.0 Å². The van der Waals surface area contributed by atoms with Crippen molar-refractivity contribution in [2.24, 2.45) is 5.92 Å². The summed E-state index contributed by atoms with van der Waals surface area (Å²) < 4.78 is 0. The summed E-state index contributed by atoms with van der Waals surface area (Å²) in [6.45, 7) is 0. The highest BCUT2D eigenvalue weighted by atomic mass is 16.1. The van der Waals surface area contributed by atoms with Crippen LogP contribution in [0.25, 0.3) is 55.8 Å². The van der Waals surface area contributed by atoms with E-state index >= 15 is 0 Å². The van der Waals surface area contributed by atoms with Crippen molar-refractivity contribution >= 4 is 33.5 Å². The van der Waals surface area contributed by atoms with Crippen LogP contribution in [0.15, 0.2) is 73.4 Å². The van der Waals surface area contributed by atoms with Crippen molar-refractivity contribution in [2.45, 2.75) is 25.7 Å². The third-order valence-electron chi connectivity index (χ3n) is 7.21. The van der Waals surface area contributed by atoms with Crippen LogP contribution in [0.3, 0.4) is 0 Å². The van der Waals surface area contributed by atoms with E-state index in [0.29, 0.717) is 11.5 Å². The highest BCUT2D eigenvalue weighted by Gasteiger charge is 2.23. The molecule has 7 rings (SSSR count). The zero-order chi connectivity index (χ0) is 25.5. The van der Waals surface area contributed by atoms with E-state index < -0.39 is 0 Å². The number of fused-ring (bicyclic) bond motifs is 2. The molecule has 1 aliphatic rings. The van der Waals surface area contributed by atoms with Crippen LogP contribution in [-0.2, 0) is 4.79 Å². The van der Waals surface area contributed by atoms with Gasteiger partial charge >= 0.3 is 0 Å². The molecule has 9 heteroatoms. The Bertz CT molecular complexity index is 1780. The summed E-state index contributed by atoms with van der Waals surface area (Å²) in [7, 11) is 0. The first-order chi connectivity index (χ1) is 18.7. The fourth-order valence-corrected chi connectivity index (χ4v) is 5.24. The summed E-state index contributed by atoms with van der Waals surface area (Å²) in [5, 5.41) is 11.7. The Labute approximate surface area is 217 Å². The predicted molar refractivity (Wildman–Crippen MR) is 146 cm³/mol. The van der Waals surface area contributed by atoms with Crippen LogP contribution in [0.4, 0.5) is 5.69 Å². The van der Waals surface area contributed by atoms with Crippen molar-refractivity contribution in [3.8, 4) is 33.9 Å². The van der Waals surface area contributed by atoms with Gasteiger partial charge in [-0.3, -0.25) is 24.8 Å². The number of anilines is 1. The van der Waals surface area contributed by atoms with Gasteiger partial charge in [-0.1, -0.05) is 18.9 Å². The summed E-state index contributed by atoms with van der Waals surface area (Å²) in [6.07, 6.45) is 12.9. The maximum atomic E-state index is 12.6. The van der Waals surface area contributed by atoms with Gasteiger partial charge in [-0.25, -0.2) is 4.98 Å². The first-order valence-electron chi connectivity index (χ1n) is 12.7. The molecule has 186 valence electrons. The number of imidazole rings is 1. The molecule has 5 heterocycles. The number of rotatable bonds is 5. The van der Waals surface area contributed by atoms with Crippen molar-refractivity contribution in [2.75, 3.05) is 5.32 Å². The topological polar surface area (TPSA) is 125 Å². The number of aromatic amines is 2. The van der Waals surface area contributed by atoms with E-state index in [1.165, 1.54) is 0 Å². The molecule has 5 aromatic heterocycles. The number of carbonyl (C=O) groups excluding carboxylic acids is 1. The quantitative estimate of drug-likeness (QED) is 0.277. The molecule has 0 unspecified atom stereocenters. The molecule has 3 N–H and O–H groups in total. The highest BCUT2D eigenvalue weighted by molar-refractivity contribution is 5.98. The molecule has 1 aromatic carbocycles. The van der Waals surface area contributed by atoms with Crippen LogP contribution in [0.1, 0.15) is 25.7 Å². The zero-order valence-electron chi connectivity index (χ0n) is 20.5. The van der Waals surface area contributed by atoms with Crippen LogP contribution < -0.4 is 5.32 Å². The Morgan fingerprint density at radius 1 is 0.842 bits per heavy atom. The summed E-state index contributed by atoms with van der Waals surface area (Å²) in [4.78, 5) is 34.0. The molecule has 0 saturated heterocycles. The molecule has 9 nitrogen and oxygen atoms in total. The number of pyridine rings is 3. The van der Waals surface area contributed by atoms with E-state index in [2.05, 4.69) is 41.5 Å². The Balaban J connectivity index is 1.25. The third kappa shape index (κ3) is 3.98. The van der Waals surface area contributed by atoms with Crippen LogP contribution in [-0.4, -0.2) is 41.0 Å². The molecular weight excluding hydrogens is 476 g/mol. The molecule has 0 radical (unpaired) electrons. The molecule has 1 aliphatic carbocycles. The molecular formula is C29H24N8O. The van der Waals surface area contributed by atoms with E-state index in [-0.39, 0.29) is 11.8 Å². The second kappa shape index (κ2) is 9.19. The third-order valence-corrected chi connectivity index (χ3v) is 7.21. The van der Waals surface area contributed by atoms with Crippen molar-refractivity contribution in [1.29, 1.82) is 0 Å². The average Bonchev–Trinajstić information content (AvgIpc) is 3.73. The number of nitrogens with one attached hydrogen (secondary N) is 3. The van der Waals surface area contributed by atoms with Gasteiger partial charge in [-0.2, -0.15) is 5.10 Å². The number of carbonyl (C=O) groups is 1. The Hall–Kier alpha value is -4.92. The Morgan fingerprint density at radius 2 is 1.71 bits per heavy atom. The molecule has 38 heavy (non-hydrogen) atoms. The number of hydrogen-bond donors (Lipinski definition) is 3. The van der Waals surface area contributed by atoms with Crippen molar-refractivity contribution in [3.05, 3.63) is 73.4 Å². The first-order valence-corrected chi connectivity index (χ1v) is 12.7. The second-order valence-corrected chi connectivity index (χ2v) is 9.64. The number of amides is 1. The van der Waals surface area contributed by atoms with Gasteiger partial charge in [0.25, 0.3) is 0 Å². The van der Waals surface area contributed by atoms with Crippen molar-refractivity contribution in [3.63, 3.8) is 0 Å². The van der Waals surface area contributed by atoms with E-state index in [1.807, 2.05) is 36.4 Å². The smallest absolute Gasteiger partial charge is 0.227 e. The van der Waals surface area contributed by atoms with Crippen LogP contribution in [0.2, 0.25) is 0 Å². The largest absolute Gasteiger partial charge is 0.336 e. The summed E-state index contributed by atoms with van der Waals surface area (Å²) >= 11 is 0. The van der Waals surface area contributed by atoms with Crippen molar-refractivity contribution < 1.29 is 4.79 Å². The minimum Gasteiger partial charge on any atom is -0.336 e. The van der Waals surface area contributed by atoms with Gasteiger partial charge in [0.2, 0.25) is 5.91 Å². The predicted octanol–water partition coefficient (Wildman–Crippen LogP) is 5.75. The standard InChI is InChI=1S/C29H24N8O/c38-29(18-3-1-2-4-18)33-21-13-20(15-31-16-21)19-5-6-23-22(14-19)26(37-36-23)28-34-24-9-12-32-25(27(24)35-28)17-7-10-30-11-8-17/h5-16,18H,1-4H2,(H,33,38)(H,34,35)(H,36,37). The van der Waals surface area contributed by atoms with E-state index in [4.69, 9.17) is 4.98 Å². The van der Waals surface area contributed by atoms with Crippen LogP contribution >= 0.6 is 0 Å². The Morgan fingerprint density at radius 3 is 2.58 bits per heavy atom. The molecule has 1 saturated carbocycles. The fraction of sp³-hybridized carbons (Fsp3) is 0.172. The Kier molecular flexibility index (Phi) is 5.39. The van der Waals surface area contributed by atoms with Gasteiger partial charge < -0.3 is 10.3 Å². The average molecular weight is 501 g/mol. The van der Waals surface area contributed by atoms with Crippen LogP contribution in [0, 0.1) is 5.92 Å². The summed E-state index contributed by atoms with van der Waals surface area (Å²) in [6, 6.07) is 13.8. The number of aromatic nitrogens is 7. The lowest BCUT2D eigenvalue weighted by Gasteiger charge is -2.11. The lowest BCUT2D eigenvalue weighted by atomic mass is 10.0. The summed E-state index contributed by atoms with van der Waals surface area (Å²) in [5.74, 6) is 0.837. The maximum absolute atomic E-state index is 12.6. The number of H-pyrrole nitrogens is 2. The molecule has 0 spiro atoms. The highest BCUT2D eigenvalue weighted by Crippen LogP contribution is 2.33. The molecule has 1 fully saturated rings. The van der Waals surface area contributed by atoms with Crippen molar-refractivity contribution in [1.82, 2.24) is 35.1 Å². The fourth-order valence-electron chi connectivity index (χ4n) is 5.24. The van der Waals surface area contributed by atoms with Crippen LogP contribution in [0.5, 0.6) is 0 Å². The van der Waals surface area contributed by atoms with Gasteiger partial charge in [-0.05, 0) is 54.8 Å². The van der Waals surface area contributed by atoms with Gasteiger partial charge in [0.05, 0.1) is 28.6 Å². The molecule has 1 amide bonds. The monoisotopic (exact) mass is 500 g/mol. The number of nitrogens with zero attached hydrogens (tertiary/aromatic N) is 5. The van der Waals surface area contributed by atoms with Gasteiger partial charge in [0.1, 0.15) is 11.2 Å². The SMILES string of the molecule is O=C(Nc1cncc(-c2ccc3[nH]nc(-c4nc5c(-c6ccncc6)nccc5[nH]4)c3c2)c1)C1CCCC1. The summed E-state index contributed by atoms with van der Waals surface area (Å²) in [5.41, 5.74) is 7.60. The molecule has 0 atom stereocenters. The van der Waals surface area contributed by atoms with Gasteiger partial charge in [-0.15, -0.1) is 0 Å². The molecule has 6 aromatic rings.